The van der Waals surface area contributed by atoms with Crippen molar-refractivity contribution in [1.29, 1.82) is 0 Å². The summed E-state index contributed by atoms with van der Waals surface area (Å²) in [6.07, 6.45) is 0. The molecule has 3 rings (SSSR count). The lowest BCUT2D eigenvalue weighted by molar-refractivity contribution is 0.627. The van der Waals surface area contributed by atoms with Gasteiger partial charge < -0.3 is 0 Å². The Labute approximate surface area is 127 Å². The van der Waals surface area contributed by atoms with Crippen LogP contribution in [0.25, 0.3) is 22.3 Å². The predicted octanol–water partition coefficient (Wildman–Crippen LogP) is 5.01. The maximum absolute atomic E-state index is 13.6. The molecule has 1 aromatic heterocycles. The summed E-state index contributed by atoms with van der Waals surface area (Å²) in [6.45, 7) is 5.83. The lowest BCUT2D eigenvalue weighted by Gasteiger charge is -2.08. The molecule has 0 amide bonds. The highest BCUT2D eigenvalue weighted by Crippen LogP contribution is 2.28. The lowest BCUT2D eigenvalue weighted by atomic mass is 10.1. The minimum Gasteiger partial charge on any atom is -0.228 e. The molecule has 0 aliphatic heterocycles. The van der Waals surface area contributed by atoms with Crippen molar-refractivity contribution in [2.45, 2.75) is 20.8 Å². The first kappa shape index (κ1) is 14.0. The zero-order valence-electron chi connectivity index (χ0n) is 12.0. The topological polar surface area (TPSA) is 25.8 Å². The van der Waals surface area contributed by atoms with Crippen LogP contribution in [0.2, 0.25) is 5.15 Å². The second kappa shape index (κ2) is 5.08. The number of hydrogen-bond acceptors (Lipinski definition) is 2. The van der Waals surface area contributed by atoms with Crippen molar-refractivity contribution in [2.75, 3.05) is 0 Å². The molecule has 0 aliphatic carbocycles. The maximum atomic E-state index is 13.6. The van der Waals surface area contributed by atoms with Gasteiger partial charge >= 0.3 is 0 Å². The van der Waals surface area contributed by atoms with E-state index in [1.54, 1.807) is 0 Å². The minimum atomic E-state index is -0.301. The summed E-state index contributed by atoms with van der Waals surface area (Å²) in [5.41, 5.74) is 4.41. The monoisotopic (exact) mass is 300 g/mol. The molecule has 0 fully saturated rings. The zero-order valence-corrected chi connectivity index (χ0v) is 12.8. The van der Waals surface area contributed by atoms with Gasteiger partial charge in [0.15, 0.2) is 5.82 Å². The average molecular weight is 301 g/mol. The van der Waals surface area contributed by atoms with Crippen LogP contribution in [0.5, 0.6) is 0 Å². The standard InChI is InChI=1S/C17H14ClFN2/c1-9-4-11(3)15-14(7-9)16(18)21-17(20-15)12-5-10(2)6-13(19)8-12/h4-8H,1-3H3. The van der Waals surface area contributed by atoms with Crippen LogP contribution in [0.1, 0.15) is 16.7 Å². The Balaban J connectivity index is 2.30. The van der Waals surface area contributed by atoms with Crippen LogP contribution in [0, 0.1) is 26.6 Å². The molecule has 21 heavy (non-hydrogen) atoms. The van der Waals surface area contributed by atoms with Gasteiger partial charge in [0.25, 0.3) is 0 Å². The predicted molar refractivity (Wildman–Crippen MR) is 84.2 cm³/mol. The minimum absolute atomic E-state index is 0.301. The summed E-state index contributed by atoms with van der Waals surface area (Å²) in [5.74, 6) is 0.146. The van der Waals surface area contributed by atoms with E-state index in [2.05, 4.69) is 9.97 Å². The summed E-state index contributed by atoms with van der Waals surface area (Å²) < 4.78 is 13.6. The first-order valence-corrected chi connectivity index (χ1v) is 7.04. The zero-order chi connectivity index (χ0) is 15.1. The first-order valence-electron chi connectivity index (χ1n) is 6.66. The van der Waals surface area contributed by atoms with Crippen molar-refractivity contribution < 1.29 is 4.39 Å². The van der Waals surface area contributed by atoms with Gasteiger partial charge in [0, 0.05) is 10.9 Å². The van der Waals surface area contributed by atoms with Crippen molar-refractivity contribution in [2.24, 2.45) is 0 Å². The highest BCUT2D eigenvalue weighted by molar-refractivity contribution is 6.34. The maximum Gasteiger partial charge on any atom is 0.161 e. The lowest BCUT2D eigenvalue weighted by Crippen LogP contribution is -1.95. The third-order valence-corrected chi connectivity index (χ3v) is 3.68. The van der Waals surface area contributed by atoms with E-state index in [0.717, 1.165) is 27.6 Å². The van der Waals surface area contributed by atoms with E-state index in [1.807, 2.05) is 39.0 Å². The van der Waals surface area contributed by atoms with Gasteiger partial charge in [0.2, 0.25) is 0 Å². The van der Waals surface area contributed by atoms with Crippen molar-refractivity contribution in [3.8, 4) is 11.4 Å². The Bertz CT molecular complexity index is 839. The molecule has 0 bridgehead atoms. The summed E-state index contributed by atoms with van der Waals surface area (Å²) in [7, 11) is 0. The van der Waals surface area contributed by atoms with Gasteiger partial charge in [0.05, 0.1) is 5.52 Å². The number of aryl methyl sites for hydroxylation is 3. The molecule has 0 unspecified atom stereocenters. The summed E-state index contributed by atoms with van der Waals surface area (Å²) in [5, 5.41) is 1.22. The van der Waals surface area contributed by atoms with E-state index in [0.29, 0.717) is 16.5 Å². The molecule has 106 valence electrons. The van der Waals surface area contributed by atoms with E-state index >= 15 is 0 Å². The van der Waals surface area contributed by atoms with Gasteiger partial charge in [-0.15, -0.1) is 0 Å². The fourth-order valence-electron chi connectivity index (χ4n) is 2.54. The highest BCUT2D eigenvalue weighted by atomic mass is 35.5. The van der Waals surface area contributed by atoms with Crippen LogP contribution in [0.4, 0.5) is 4.39 Å². The van der Waals surface area contributed by atoms with Crippen LogP contribution in [-0.4, -0.2) is 9.97 Å². The second-order valence-electron chi connectivity index (χ2n) is 5.33. The number of fused-ring (bicyclic) bond motifs is 1. The van der Waals surface area contributed by atoms with Crippen LogP contribution >= 0.6 is 11.6 Å². The average Bonchev–Trinajstić information content (AvgIpc) is 2.38. The third kappa shape index (κ3) is 2.61. The molecule has 0 aliphatic rings. The molecule has 1 heterocycles. The van der Waals surface area contributed by atoms with Gasteiger partial charge in [-0.25, -0.2) is 14.4 Å². The number of nitrogens with zero attached hydrogens (tertiary/aromatic N) is 2. The highest BCUT2D eigenvalue weighted by Gasteiger charge is 2.11. The van der Waals surface area contributed by atoms with Gasteiger partial charge in [0.1, 0.15) is 11.0 Å². The fourth-order valence-corrected chi connectivity index (χ4v) is 2.77. The van der Waals surface area contributed by atoms with Gasteiger partial charge in [-0.3, -0.25) is 0 Å². The Morgan fingerprint density at radius 3 is 2.33 bits per heavy atom. The largest absolute Gasteiger partial charge is 0.228 e. The molecule has 4 heteroatoms. The molecule has 0 N–H and O–H groups in total. The smallest absolute Gasteiger partial charge is 0.161 e. The van der Waals surface area contributed by atoms with E-state index in [-0.39, 0.29) is 5.82 Å². The number of rotatable bonds is 1. The normalized spacial score (nSPS) is 11.1. The quantitative estimate of drug-likeness (QED) is 0.590. The van der Waals surface area contributed by atoms with Crippen LogP contribution in [-0.2, 0) is 0 Å². The van der Waals surface area contributed by atoms with Gasteiger partial charge in [-0.05, 0) is 56.2 Å². The molecule has 0 radical (unpaired) electrons. The molecule has 0 spiro atoms. The van der Waals surface area contributed by atoms with Crippen molar-refractivity contribution in [3.05, 3.63) is 58.0 Å². The summed E-state index contributed by atoms with van der Waals surface area (Å²) in [6, 6.07) is 8.76. The molecule has 0 saturated carbocycles. The molecular weight excluding hydrogens is 287 g/mol. The van der Waals surface area contributed by atoms with Crippen LogP contribution in [0.15, 0.2) is 30.3 Å². The number of hydrogen-bond donors (Lipinski definition) is 0. The van der Waals surface area contributed by atoms with E-state index in [1.165, 1.54) is 12.1 Å². The Kier molecular flexibility index (Phi) is 3.38. The molecule has 2 aromatic carbocycles. The van der Waals surface area contributed by atoms with Crippen LogP contribution in [0.3, 0.4) is 0 Å². The molecule has 3 aromatic rings. The molecule has 0 atom stereocenters. The number of halogens is 2. The Morgan fingerprint density at radius 1 is 0.905 bits per heavy atom. The summed E-state index contributed by atoms with van der Waals surface area (Å²) in [4.78, 5) is 8.89. The Hall–Kier alpha value is -2.00. The van der Waals surface area contributed by atoms with Crippen molar-refractivity contribution in [3.63, 3.8) is 0 Å². The molecule has 0 saturated heterocycles. The first-order chi connectivity index (χ1) is 9.94. The van der Waals surface area contributed by atoms with Crippen LogP contribution < -0.4 is 0 Å². The Morgan fingerprint density at radius 2 is 1.62 bits per heavy atom. The second-order valence-corrected chi connectivity index (χ2v) is 5.69. The van der Waals surface area contributed by atoms with E-state index < -0.39 is 0 Å². The number of aromatic nitrogens is 2. The fraction of sp³-hybridized carbons (Fsp3) is 0.176. The van der Waals surface area contributed by atoms with Crippen molar-refractivity contribution >= 4 is 22.5 Å². The number of benzene rings is 2. The molecular formula is C17H14ClFN2. The van der Waals surface area contributed by atoms with E-state index in [4.69, 9.17) is 11.6 Å². The van der Waals surface area contributed by atoms with Crippen molar-refractivity contribution in [1.82, 2.24) is 9.97 Å². The van der Waals surface area contributed by atoms with Gasteiger partial charge in [-0.1, -0.05) is 23.2 Å². The SMILES string of the molecule is Cc1cc(F)cc(-c2nc(Cl)c3cc(C)cc(C)c3n2)c1. The molecule has 2 nitrogen and oxygen atoms in total. The summed E-state index contributed by atoms with van der Waals surface area (Å²) >= 11 is 6.29. The van der Waals surface area contributed by atoms with E-state index in [9.17, 15) is 4.39 Å². The van der Waals surface area contributed by atoms with Gasteiger partial charge in [-0.2, -0.15) is 0 Å². The third-order valence-electron chi connectivity index (χ3n) is 3.39.